The van der Waals surface area contributed by atoms with Crippen LogP contribution < -0.4 is 5.73 Å². The Morgan fingerprint density at radius 1 is 1.73 bits per heavy atom. The van der Waals surface area contributed by atoms with E-state index in [1.165, 1.54) is 0 Å². The van der Waals surface area contributed by atoms with Crippen LogP contribution in [0.2, 0.25) is 0 Å². The Bertz CT molecular complexity index is 158. The normalized spacial score (nSPS) is 31.1. The zero-order valence-electron chi connectivity index (χ0n) is 6.74. The van der Waals surface area contributed by atoms with Crippen LogP contribution in [-0.4, -0.2) is 24.4 Å². The number of nitrogens with two attached hydrogens (primary N) is 1. The van der Waals surface area contributed by atoms with E-state index in [0.29, 0.717) is 0 Å². The summed E-state index contributed by atoms with van der Waals surface area (Å²) in [6.45, 7) is 3.75. The SMILES string of the molecule is CC(C)OC1OC(=O)CC1N. The van der Waals surface area contributed by atoms with Crippen LogP contribution in [0.15, 0.2) is 0 Å². The van der Waals surface area contributed by atoms with Gasteiger partial charge in [-0.1, -0.05) is 0 Å². The number of carbonyl (C=O) groups is 1. The van der Waals surface area contributed by atoms with Gasteiger partial charge in [0.2, 0.25) is 6.29 Å². The third-order valence-electron chi connectivity index (χ3n) is 1.41. The molecule has 0 aromatic rings. The van der Waals surface area contributed by atoms with Crippen molar-refractivity contribution in [3.63, 3.8) is 0 Å². The number of hydrogen-bond donors (Lipinski definition) is 1. The predicted molar refractivity (Wildman–Crippen MR) is 38.7 cm³/mol. The Balaban J connectivity index is 2.40. The second-order valence-corrected chi connectivity index (χ2v) is 2.91. The second-order valence-electron chi connectivity index (χ2n) is 2.91. The highest BCUT2D eigenvalue weighted by molar-refractivity contribution is 5.72. The van der Waals surface area contributed by atoms with Crippen LogP contribution in [0.4, 0.5) is 0 Å². The van der Waals surface area contributed by atoms with E-state index >= 15 is 0 Å². The van der Waals surface area contributed by atoms with Crippen LogP contribution in [0, 0.1) is 0 Å². The highest BCUT2D eigenvalue weighted by Gasteiger charge is 2.33. The lowest BCUT2D eigenvalue weighted by atomic mass is 10.2. The standard InChI is InChI=1S/C7H13NO3/c1-4(2)10-7-5(8)3-6(9)11-7/h4-5,7H,3,8H2,1-2H3. The van der Waals surface area contributed by atoms with Crippen molar-refractivity contribution >= 4 is 5.97 Å². The van der Waals surface area contributed by atoms with Gasteiger partial charge >= 0.3 is 5.97 Å². The summed E-state index contributed by atoms with van der Waals surface area (Å²) in [4.78, 5) is 10.7. The van der Waals surface area contributed by atoms with Crippen molar-refractivity contribution < 1.29 is 14.3 Å². The molecule has 1 aliphatic rings. The summed E-state index contributed by atoms with van der Waals surface area (Å²) in [6, 6.07) is -0.301. The van der Waals surface area contributed by atoms with E-state index in [0.717, 1.165) is 0 Å². The summed E-state index contributed by atoms with van der Waals surface area (Å²) in [5.74, 6) is -0.275. The number of ether oxygens (including phenoxy) is 2. The zero-order chi connectivity index (χ0) is 8.43. The average molecular weight is 159 g/mol. The highest BCUT2D eigenvalue weighted by atomic mass is 16.7. The van der Waals surface area contributed by atoms with Crippen LogP contribution >= 0.6 is 0 Å². The molecule has 2 N–H and O–H groups in total. The Morgan fingerprint density at radius 2 is 2.36 bits per heavy atom. The minimum atomic E-state index is -0.539. The molecule has 0 aromatic carbocycles. The van der Waals surface area contributed by atoms with Gasteiger partial charge in [-0.05, 0) is 13.8 Å². The van der Waals surface area contributed by atoms with Gasteiger partial charge in [0.1, 0.15) is 0 Å². The van der Waals surface area contributed by atoms with Crippen molar-refractivity contribution in [1.82, 2.24) is 0 Å². The summed E-state index contributed by atoms with van der Waals surface area (Å²) >= 11 is 0. The quantitative estimate of drug-likeness (QED) is 0.576. The van der Waals surface area contributed by atoms with Gasteiger partial charge in [-0.3, -0.25) is 4.79 Å². The van der Waals surface area contributed by atoms with E-state index in [-0.39, 0.29) is 24.5 Å². The van der Waals surface area contributed by atoms with Gasteiger partial charge in [0.15, 0.2) is 0 Å². The minimum Gasteiger partial charge on any atom is -0.434 e. The van der Waals surface area contributed by atoms with Crippen molar-refractivity contribution in [1.29, 1.82) is 0 Å². The Kier molecular flexibility index (Phi) is 2.46. The first-order valence-electron chi connectivity index (χ1n) is 3.70. The summed E-state index contributed by atoms with van der Waals surface area (Å²) < 4.78 is 10.0. The largest absolute Gasteiger partial charge is 0.434 e. The molecule has 2 atom stereocenters. The summed E-state index contributed by atoms with van der Waals surface area (Å²) in [6.07, 6.45) is -0.239. The molecule has 0 saturated carbocycles. The topological polar surface area (TPSA) is 61.5 Å². The maximum absolute atomic E-state index is 10.7. The number of carbonyl (C=O) groups excluding carboxylic acids is 1. The van der Waals surface area contributed by atoms with E-state index in [2.05, 4.69) is 0 Å². The summed E-state index contributed by atoms with van der Waals surface area (Å²) in [5.41, 5.74) is 5.55. The fourth-order valence-electron chi connectivity index (χ4n) is 0.951. The summed E-state index contributed by atoms with van der Waals surface area (Å²) in [7, 11) is 0. The molecular formula is C7H13NO3. The van der Waals surface area contributed by atoms with Crippen LogP contribution in [0.1, 0.15) is 20.3 Å². The first kappa shape index (κ1) is 8.49. The molecule has 1 saturated heterocycles. The van der Waals surface area contributed by atoms with Crippen molar-refractivity contribution in [2.45, 2.75) is 38.7 Å². The minimum absolute atomic E-state index is 0.0388. The number of rotatable bonds is 2. The molecule has 4 nitrogen and oxygen atoms in total. The number of cyclic esters (lactones) is 1. The van der Waals surface area contributed by atoms with E-state index < -0.39 is 6.29 Å². The van der Waals surface area contributed by atoms with E-state index in [1.807, 2.05) is 13.8 Å². The number of esters is 1. The molecule has 0 spiro atoms. The molecule has 0 bridgehead atoms. The van der Waals surface area contributed by atoms with Gasteiger partial charge < -0.3 is 15.2 Å². The van der Waals surface area contributed by atoms with Crippen LogP contribution in [0.25, 0.3) is 0 Å². The van der Waals surface area contributed by atoms with Gasteiger partial charge in [0, 0.05) is 0 Å². The first-order valence-corrected chi connectivity index (χ1v) is 3.70. The van der Waals surface area contributed by atoms with Crippen molar-refractivity contribution in [3.8, 4) is 0 Å². The first-order chi connectivity index (χ1) is 5.09. The van der Waals surface area contributed by atoms with Gasteiger partial charge in [-0.2, -0.15) is 0 Å². The zero-order valence-corrected chi connectivity index (χ0v) is 6.74. The van der Waals surface area contributed by atoms with E-state index in [9.17, 15) is 4.79 Å². The van der Waals surface area contributed by atoms with Crippen molar-refractivity contribution in [2.75, 3.05) is 0 Å². The monoisotopic (exact) mass is 159 g/mol. The Morgan fingerprint density at radius 3 is 2.73 bits per heavy atom. The average Bonchev–Trinajstić information content (AvgIpc) is 2.09. The van der Waals surface area contributed by atoms with Gasteiger partial charge in [-0.15, -0.1) is 0 Å². The fraction of sp³-hybridized carbons (Fsp3) is 0.857. The molecule has 1 rings (SSSR count). The third kappa shape index (κ3) is 2.17. The molecule has 1 aliphatic heterocycles. The lowest BCUT2D eigenvalue weighted by Crippen LogP contribution is -2.34. The lowest BCUT2D eigenvalue weighted by Gasteiger charge is -2.16. The maximum Gasteiger partial charge on any atom is 0.309 e. The smallest absolute Gasteiger partial charge is 0.309 e. The van der Waals surface area contributed by atoms with E-state index in [1.54, 1.807) is 0 Å². The van der Waals surface area contributed by atoms with Gasteiger partial charge in [-0.25, -0.2) is 0 Å². The Hall–Kier alpha value is -0.610. The Labute approximate surface area is 65.7 Å². The van der Waals surface area contributed by atoms with Gasteiger partial charge in [0.05, 0.1) is 18.6 Å². The predicted octanol–water partition coefficient (Wildman–Crippen LogP) is 0.0117. The molecule has 1 fully saturated rings. The molecular weight excluding hydrogens is 146 g/mol. The van der Waals surface area contributed by atoms with Crippen LogP contribution in [0.3, 0.4) is 0 Å². The highest BCUT2D eigenvalue weighted by Crippen LogP contribution is 2.15. The molecule has 64 valence electrons. The number of hydrogen-bond acceptors (Lipinski definition) is 4. The molecule has 0 aliphatic carbocycles. The molecule has 1 heterocycles. The van der Waals surface area contributed by atoms with Crippen LogP contribution in [0.5, 0.6) is 0 Å². The molecule has 0 amide bonds. The summed E-state index contributed by atoms with van der Waals surface area (Å²) in [5, 5.41) is 0. The van der Waals surface area contributed by atoms with Gasteiger partial charge in [0.25, 0.3) is 0 Å². The fourth-order valence-corrected chi connectivity index (χ4v) is 0.951. The second kappa shape index (κ2) is 3.19. The van der Waals surface area contributed by atoms with E-state index in [4.69, 9.17) is 15.2 Å². The maximum atomic E-state index is 10.7. The molecule has 11 heavy (non-hydrogen) atoms. The molecule has 0 radical (unpaired) electrons. The van der Waals surface area contributed by atoms with Crippen LogP contribution in [-0.2, 0) is 14.3 Å². The lowest BCUT2D eigenvalue weighted by molar-refractivity contribution is -0.170. The molecule has 0 aromatic heterocycles. The molecule has 2 unspecified atom stereocenters. The van der Waals surface area contributed by atoms with Crippen molar-refractivity contribution in [2.24, 2.45) is 5.73 Å². The molecule has 4 heteroatoms. The van der Waals surface area contributed by atoms with Crippen molar-refractivity contribution in [3.05, 3.63) is 0 Å². The third-order valence-corrected chi connectivity index (χ3v) is 1.41.